The SMILES string of the molecule is COCC[C@]1(C)Oc2cc(OC)c(C(=O)NC[C@H](O)CN3CCc4ccccc4C3)cc2NC1=O. The predicted molar refractivity (Wildman–Crippen MR) is 131 cm³/mol. The quantitative estimate of drug-likeness (QED) is 0.500. The molecule has 2 aliphatic rings. The topological polar surface area (TPSA) is 109 Å². The highest BCUT2D eigenvalue weighted by molar-refractivity contribution is 6.04. The summed E-state index contributed by atoms with van der Waals surface area (Å²) in [4.78, 5) is 27.8. The van der Waals surface area contributed by atoms with Gasteiger partial charge in [0.2, 0.25) is 0 Å². The zero-order valence-corrected chi connectivity index (χ0v) is 20.4. The molecule has 0 spiro atoms. The van der Waals surface area contributed by atoms with E-state index in [9.17, 15) is 14.7 Å². The molecule has 0 aliphatic carbocycles. The van der Waals surface area contributed by atoms with E-state index in [4.69, 9.17) is 14.2 Å². The lowest BCUT2D eigenvalue weighted by atomic mass is 9.98. The van der Waals surface area contributed by atoms with Gasteiger partial charge in [0, 0.05) is 45.8 Å². The van der Waals surface area contributed by atoms with Gasteiger partial charge in [-0.05, 0) is 30.5 Å². The summed E-state index contributed by atoms with van der Waals surface area (Å²) in [5.74, 6) is 0.0161. The molecule has 35 heavy (non-hydrogen) atoms. The fourth-order valence-corrected chi connectivity index (χ4v) is 4.47. The Morgan fingerprint density at radius 1 is 1.29 bits per heavy atom. The molecule has 2 atom stereocenters. The molecule has 0 aromatic heterocycles. The van der Waals surface area contributed by atoms with Crippen LogP contribution in [0.1, 0.15) is 34.8 Å². The number of aliphatic hydroxyl groups excluding tert-OH is 1. The first-order valence-electron chi connectivity index (χ1n) is 11.8. The van der Waals surface area contributed by atoms with Crippen LogP contribution >= 0.6 is 0 Å². The van der Waals surface area contributed by atoms with Crippen LogP contribution in [0.25, 0.3) is 0 Å². The monoisotopic (exact) mass is 483 g/mol. The molecule has 4 rings (SSSR count). The van der Waals surface area contributed by atoms with Crippen molar-refractivity contribution in [1.82, 2.24) is 10.2 Å². The number of aliphatic hydroxyl groups is 1. The van der Waals surface area contributed by atoms with Gasteiger partial charge in [-0.1, -0.05) is 24.3 Å². The third-order valence-corrected chi connectivity index (χ3v) is 6.57. The summed E-state index contributed by atoms with van der Waals surface area (Å²) in [7, 11) is 3.03. The van der Waals surface area contributed by atoms with E-state index in [0.717, 1.165) is 19.5 Å². The van der Waals surface area contributed by atoms with E-state index in [-0.39, 0.29) is 18.0 Å². The van der Waals surface area contributed by atoms with Gasteiger partial charge in [-0.2, -0.15) is 0 Å². The van der Waals surface area contributed by atoms with Gasteiger partial charge < -0.3 is 30.0 Å². The molecule has 2 aliphatic heterocycles. The van der Waals surface area contributed by atoms with Gasteiger partial charge in [-0.3, -0.25) is 14.5 Å². The minimum absolute atomic E-state index is 0.0924. The van der Waals surface area contributed by atoms with E-state index in [1.165, 1.54) is 24.3 Å². The first-order valence-corrected chi connectivity index (χ1v) is 11.8. The Kier molecular flexibility index (Phi) is 7.59. The van der Waals surface area contributed by atoms with Crippen LogP contribution in [0.5, 0.6) is 11.5 Å². The van der Waals surface area contributed by atoms with Crippen molar-refractivity contribution in [2.45, 2.75) is 38.0 Å². The smallest absolute Gasteiger partial charge is 0.268 e. The normalized spacial score (nSPS) is 20.2. The summed E-state index contributed by atoms with van der Waals surface area (Å²) in [6.45, 7) is 4.25. The number of β-amino-alcohol motifs (C(OH)–C–C–N with tert-alkyl or cyclic N) is 1. The maximum Gasteiger partial charge on any atom is 0.268 e. The number of methoxy groups -OCH3 is 2. The summed E-state index contributed by atoms with van der Waals surface area (Å²) in [6, 6.07) is 11.5. The standard InChI is InChI=1S/C26H33N3O6/c1-26(9-11-33-2)25(32)28-21-12-20(22(34-3)13-23(21)35-26)24(31)27-14-19(30)16-29-10-8-17-6-4-5-7-18(17)15-29/h4-7,12-13,19,30H,8-11,14-16H2,1-3H3,(H,27,31)(H,28,32)/t19-,26-/m0/s1. The summed E-state index contributed by atoms with van der Waals surface area (Å²) in [5, 5.41) is 16.2. The van der Waals surface area contributed by atoms with Crippen LogP contribution in [-0.4, -0.2) is 74.0 Å². The van der Waals surface area contributed by atoms with Crippen molar-refractivity contribution in [3.63, 3.8) is 0 Å². The molecular formula is C26H33N3O6. The highest BCUT2D eigenvalue weighted by Gasteiger charge is 2.40. The fourth-order valence-electron chi connectivity index (χ4n) is 4.47. The molecule has 2 amide bonds. The third kappa shape index (κ3) is 5.58. The number of nitrogens with one attached hydrogen (secondary N) is 2. The highest BCUT2D eigenvalue weighted by Crippen LogP contribution is 2.39. The highest BCUT2D eigenvalue weighted by atomic mass is 16.5. The van der Waals surface area contributed by atoms with Crippen molar-refractivity contribution in [3.05, 3.63) is 53.1 Å². The van der Waals surface area contributed by atoms with E-state index < -0.39 is 17.6 Å². The van der Waals surface area contributed by atoms with Crippen LogP contribution in [-0.2, 0) is 22.5 Å². The molecule has 0 unspecified atom stereocenters. The summed E-state index contributed by atoms with van der Waals surface area (Å²) in [5.41, 5.74) is 2.17. The number of fused-ring (bicyclic) bond motifs is 2. The molecule has 2 aromatic rings. The Hall–Kier alpha value is -3.14. The zero-order chi connectivity index (χ0) is 25.0. The van der Waals surface area contributed by atoms with E-state index >= 15 is 0 Å². The molecule has 0 saturated carbocycles. The van der Waals surface area contributed by atoms with Gasteiger partial charge in [0.15, 0.2) is 5.60 Å². The van der Waals surface area contributed by atoms with E-state index in [1.54, 1.807) is 20.1 Å². The molecule has 9 heteroatoms. The van der Waals surface area contributed by atoms with Gasteiger partial charge >= 0.3 is 0 Å². The van der Waals surface area contributed by atoms with E-state index in [1.807, 2.05) is 12.1 Å². The molecular weight excluding hydrogens is 450 g/mol. The average Bonchev–Trinajstić information content (AvgIpc) is 2.86. The molecule has 9 nitrogen and oxygen atoms in total. The minimum atomic E-state index is -1.09. The van der Waals surface area contributed by atoms with Crippen LogP contribution in [0.15, 0.2) is 36.4 Å². The lowest BCUT2D eigenvalue weighted by molar-refractivity contribution is -0.132. The van der Waals surface area contributed by atoms with Crippen molar-refractivity contribution in [2.24, 2.45) is 0 Å². The lowest BCUT2D eigenvalue weighted by Gasteiger charge is -2.35. The fraction of sp³-hybridized carbons (Fsp3) is 0.462. The molecule has 0 fully saturated rings. The summed E-state index contributed by atoms with van der Waals surface area (Å²) >= 11 is 0. The van der Waals surface area contributed by atoms with Crippen molar-refractivity contribution in [3.8, 4) is 11.5 Å². The summed E-state index contributed by atoms with van der Waals surface area (Å²) in [6.07, 6.45) is 0.594. The van der Waals surface area contributed by atoms with E-state index in [2.05, 4.69) is 27.7 Å². The second kappa shape index (κ2) is 10.6. The van der Waals surface area contributed by atoms with Crippen LogP contribution in [0.3, 0.4) is 0 Å². The largest absolute Gasteiger partial charge is 0.496 e. The number of nitrogens with zero attached hydrogens (tertiary/aromatic N) is 1. The molecule has 2 heterocycles. The van der Waals surface area contributed by atoms with Crippen LogP contribution < -0.4 is 20.1 Å². The predicted octanol–water partition coefficient (Wildman–Crippen LogP) is 1.97. The van der Waals surface area contributed by atoms with Crippen LogP contribution in [0.2, 0.25) is 0 Å². The maximum atomic E-state index is 12.9. The van der Waals surface area contributed by atoms with Gasteiger partial charge in [-0.25, -0.2) is 0 Å². The third-order valence-electron chi connectivity index (χ3n) is 6.57. The minimum Gasteiger partial charge on any atom is -0.496 e. The summed E-state index contributed by atoms with van der Waals surface area (Å²) < 4.78 is 16.5. The Morgan fingerprint density at radius 3 is 2.80 bits per heavy atom. The number of rotatable bonds is 9. The van der Waals surface area contributed by atoms with Crippen molar-refractivity contribution in [1.29, 1.82) is 0 Å². The van der Waals surface area contributed by atoms with Gasteiger partial charge in [0.05, 0.1) is 31.1 Å². The number of anilines is 1. The lowest BCUT2D eigenvalue weighted by Crippen LogP contribution is -2.49. The van der Waals surface area contributed by atoms with Gasteiger partial charge in [0.25, 0.3) is 11.8 Å². The molecule has 3 N–H and O–H groups in total. The zero-order valence-electron chi connectivity index (χ0n) is 20.4. The Balaban J connectivity index is 1.38. The van der Waals surface area contributed by atoms with Crippen molar-refractivity contribution >= 4 is 17.5 Å². The van der Waals surface area contributed by atoms with Gasteiger partial charge in [-0.15, -0.1) is 0 Å². The second-order valence-corrected chi connectivity index (χ2v) is 9.20. The Bertz CT molecular complexity index is 1090. The van der Waals surface area contributed by atoms with E-state index in [0.29, 0.717) is 36.8 Å². The van der Waals surface area contributed by atoms with Crippen molar-refractivity contribution < 1.29 is 28.9 Å². The Morgan fingerprint density at radius 2 is 2.06 bits per heavy atom. The number of ether oxygens (including phenoxy) is 3. The number of carbonyl (C=O) groups is 2. The first kappa shape index (κ1) is 25.0. The van der Waals surface area contributed by atoms with Gasteiger partial charge in [0.1, 0.15) is 11.5 Å². The van der Waals surface area contributed by atoms with Crippen molar-refractivity contribution in [2.75, 3.05) is 45.8 Å². The maximum absolute atomic E-state index is 12.9. The molecule has 0 radical (unpaired) electrons. The van der Waals surface area contributed by atoms with Crippen LogP contribution in [0, 0.1) is 0 Å². The molecule has 0 saturated heterocycles. The molecule has 2 aromatic carbocycles. The number of amides is 2. The average molecular weight is 484 g/mol. The number of benzene rings is 2. The Labute approximate surface area is 205 Å². The molecule has 0 bridgehead atoms. The number of hydrogen-bond acceptors (Lipinski definition) is 7. The molecule has 188 valence electrons. The number of carbonyl (C=O) groups excluding carboxylic acids is 2. The second-order valence-electron chi connectivity index (χ2n) is 9.20. The van der Waals surface area contributed by atoms with Crippen LogP contribution in [0.4, 0.5) is 5.69 Å². The first-order chi connectivity index (χ1) is 16.8. The number of hydrogen-bond donors (Lipinski definition) is 3.